The third kappa shape index (κ3) is 3.74. The molecule has 19 heavy (non-hydrogen) atoms. The number of carbonyl (C=O) groups is 1. The number of hydrogen-bond donors (Lipinski definition) is 1. The zero-order valence-electron chi connectivity index (χ0n) is 9.94. The summed E-state index contributed by atoms with van der Waals surface area (Å²) in [7, 11) is 1.34. The fraction of sp³-hybridized carbons (Fsp3) is 0.167. The molecule has 2 aromatic rings. The lowest BCUT2D eigenvalue weighted by Crippen LogP contribution is -2.04. The number of anilines is 2. The van der Waals surface area contributed by atoms with Crippen LogP contribution in [-0.2, 0) is 16.0 Å². The average molecular weight is 345 g/mol. The normalized spacial score (nSPS) is 10.3. The highest BCUT2D eigenvalue weighted by Gasteiger charge is 2.08. The van der Waals surface area contributed by atoms with E-state index < -0.39 is 0 Å². The number of thiazole rings is 1. The zero-order valence-corrected chi connectivity index (χ0v) is 12.3. The predicted octanol–water partition coefficient (Wildman–Crippen LogP) is 3.50. The molecule has 0 aliphatic heterocycles. The Morgan fingerprint density at radius 1 is 1.58 bits per heavy atom. The van der Waals surface area contributed by atoms with Crippen molar-refractivity contribution in [3.05, 3.63) is 39.6 Å². The highest BCUT2D eigenvalue weighted by molar-refractivity contribution is 9.10. The molecule has 0 fully saturated rings. The Labute approximate surface area is 121 Å². The predicted molar refractivity (Wildman–Crippen MR) is 75.2 cm³/mol. The fourth-order valence-electron chi connectivity index (χ4n) is 1.36. The maximum absolute atomic E-state index is 13.1. The molecule has 1 aromatic heterocycles. The van der Waals surface area contributed by atoms with Gasteiger partial charge in [-0.3, -0.25) is 4.79 Å². The van der Waals surface area contributed by atoms with E-state index in [-0.39, 0.29) is 18.2 Å². The van der Waals surface area contributed by atoms with Gasteiger partial charge in [-0.15, -0.1) is 11.3 Å². The fourth-order valence-corrected chi connectivity index (χ4v) is 2.47. The molecule has 0 unspecified atom stereocenters. The molecule has 0 amide bonds. The number of halogens is 2. The first kappa shape index (κ1) is 14.0. The van der Waals surface area contributed by atoms with Crippen molar-refractivity contribution in [1.29, 1.82) is 0 Å². The number of rotatable bonds is 4. The van der Waals surface area contributed by atoms with Gasteiger partial charge < -0.3 is 10.1 Å². The summed E-state index contributed by atoms with van der Waals surface area (Å²) in [5, 5.41) is 5.45. The van der Waals surface area contributed by atoms with Crippen LogP contribution in [0, 0.1) is 5.82 Å². The molecule has 0 aliphatic rings. The van der Waals surface area contributed by atoms with Crippen LogP contribution in [0.3, 0.4) is 0 Å². The van der Waals surface area contributed by atoms with Crippen LogP contribution in [0.25, 0.3) is 0 Å². The zero-order chi connectivity index (χ0) is 13.8. The molecule has 2 rings (SSSR count). The molecule has 1 aromatic carbocycles. The number of nitrogens with zero attached hydrogens (tertiary/aromatic N) is 1. The third-order valence-corrected chi connectivity index (χ3v) is 3.69. The van der Waals surface area contributed by atoms with Crippen molar-refractivity contribution < 1.29 is 13.9 Å². The quantitative estimate of drug-likeness (QED) is 0.862. The second kappa shape index (κ2) is 6.12. The molecule has 0 spiro atoms. The number of hydrogen-bond acceptors (Lipinski definition) is 5. The van der Waals surface area contributed by atoms with Gasteiger partial charge >= 0.3 is 5.97 Å². The molecule has 7 heteroatoms. The maximum Gasteiger partial charge on any atom is 0.311 e. The maximum atomic E-state index is 13.1. The van der Waals surface area contributed by atoms with Gasteiger partial charge in [0.1, 0.15) is 5.82 Å². The van der Waals surface area contributed by atoms with Gasteiger partial charge in [-0.05, 0) is 34.1 Å². The second-order valence-corrected chi connectivity index (χ2v) is 5.36. The summed E-state index contributed by atoms with van der Waals surface area (Å²) in [6.07, 6.45) is 0.141. The van der Waals surface area contributed by atoms with Crippen LogP contribution in [0.1, 0.15) is 5.69 Å². The lowest BCUT2D eigenvalue weighted by atomic mass is 10.3. The SMILES string of the molecule is COC(=O)Cc1csc(Nc2ccc(F)c(Br)c2)n1. The smallest absolute Gasteiger partial charge is 0.311 e. The minimum Gasteiger partial charge on any atom is -0.469 e. The van der Waals surface area contributed by atoms with Crippen LogP contribution < -0.4 is 5.32 Å². The van der Waals surface area contributed by atoms with Gasteiger partial charge in [-0.1, -0.05) is 0 Å². The largest absolute Gasteiger partial charge is 0.469 e. The van der Waals surface area contributed by atoms with Crippen molar-refractivity contribution in [2.24, 2.45) is 0 Å². The van der Waals surface area contributed by atoms with E-state index in [0.717, 1.165) is 0 Å². The molecule has 0 saturated heterocycles. The average Bonchev–Trinajstić information content (AvgIpc) is 2.81. The minimum atomic E-state index is -0.332. The number of carbonyl (C=O) groups excluding carboxylic acids is 1. The molecule has 0 atom stereocenters. The molecule has 0 bridgehead atoms. The van der Waals surface area contributed by atoms with Crippen LogP contribution in [0.4, 0.5) is 15.2 Å². The van der Waals surface area contributed by atoms with Crippen LogP contribution in [0.15, 0.2) is 28.1 Å². The van der Waals surface area contributed by atoms with Crippen LogP contribution >= 0.6 is 27.3 Å². The molecule has 0 saturated carbocycles. The number of methoxy groups -OCH3 is 1. The Hall–Kier alpha value is -1.47. The van der Waals surface area contributed by atoms with E-state index in [2.05, 4.69) is 31.0 Å². The Morgan fingerprint density at radius 3 is 3.05 bits per heavy atom. The number of ether oxygens (including phenoxy) is 1. The van der Waals surface area contributed by atoms with Crippen LogP contribution in [0.2, 0.25) is 0 Å². The van der Waals surface area contributed by atoms with Crippen molar-refractivity contribution in [3.63, 3.8) is 0 Å². The molecule has 1 heterocycles. The second-order valence-electron chi connectivity index (χ2n) is 3.65. The van der Waals surface area contributed by atoms with E-state index in [0.29, 0.717) is 21.0 Å². The molecule has 0 aliphatic carbocycles. The van der Waals surface area contributed by atoms with Crippen LogP contribution in [0.5, 0.6) is 0 Å². The third-order valence-electron chi connectivity index (χ3n) is 2.28. The van der Waals surface area contributed by atoms with Gasteiger partial charge in [0.2, 0.25) is 0 Å². The topological polar surface area (TPSA) is 51.2 Å². The van der Waals surface area contributed by atoms with E-state index in [1.807, 2.05) is 0 Å². The number of aromatic nitrogens is 1. The summed E-state index contributed by atoms with van der Waals surface area (Å²) in [5.74, 6) is -0.655. The standard InChI is InChI=1S/C12H10BrFN2O2S/c1-18-11(17)5-8-6-19-12(16-8)15-7-2-3-10(14)9(13)4-7/h2-4,6H,5H2,1H3,(H,15,16). The highest BCUT2D eigenvalue weighted by atomic mass is 79.9. The van der Waals surface area contributed by atoms with Crippen LogP contribution in [-0.4, -0.2) is 18.1 Å². The Kier molecular flexibility index (Phi) is 4.49. The minimum absolute atomic E-state index is 0.141. The molecule has 0 radical (unpaired) electrons. The summed E-state index contributed by atoms with van der Waals surface area (Å²) in [5.41, 5.74) is 1.35. The first-order valence-electron chi connectivity index (χ1n) is 5.32. The van der Waals surface area contributed by atoms with E-state index in [4.69, 9.17) is 0 Å². The number of benzene rings is 1. The first-order valence-corrected chi connectivity index (χ1v) is 6.99. The summed E-state index contributed by atoms with van der Waals surface area (Å²) in [6, 6.07) is 4.59. The molecule has 100 valence electrons. The monoisotopic (exact) mass is 344 g/mol. The Balaban J connectivity index is 2.07. The van der Waals surface area contributed by atoms with Crippen molar-refractivity contribution in [2.45, 2.75) is 6.42 Å². The van der Waals surface area contributed by atoms with Gasteiger partial charge in [0.25, 0.3) is 0 Å². The summed E-state index contributed by atoms with van der Waals surface area (Å²) in [6.45, 7) is 0. The lowest BCUT2D eigenvalue weighted by molar-refractivity contribution is -0.139. The van der Waals surface area contributed by atoms with Gasteiger partial charge in [0.05, 0.1) is 23.7 Å². The van der Waals surface area contributed by atoms with Gasteiger partial charge in [-0.2, -0.15) is 0 Å². The first-order chi connectivity index (χ1) is 9.08. The van der Waals surface area contributed by atoms with E-state index >= 15 is 0 Å². The van der Waals surface area contributed by atoms with Gasteiger partial charge in [0, 0.05) is 11.1 Å². The van der Waals surface area contributed by atoms with Gasteiger partial charge in [-0.25, -0.2) is 9.37 Å². The van der Waals surface area contributed by atoms with Crippen molar-refractivity contribution >= 4 is 44.1 Å². The van der Waals surface area contributed by atoms with E-state index in [9.17, 15) is 9.18 Å². The molecule has 1 N–H and O–H groups in total. The molecule has 4 nitrogen and oxygen atoms in total. The number of esters is 1. The Morgan fingerprint density at radius 2 is 2.37 bits per heavy atom. The summed E-state index contributed by atoms with van der Waals surface area (Å²) >= 11 is 4.48. The van der Waals surface area contributed by atoms with Crippen molar-refractivity contribution in [2.75, 3.05) is 12.4 Å². The summed E-state index contributed by atoms with van der Waals surface area (Å²) in [4.78, 5) is 15.3. The number of nitrogens with one attached hydrogen (secondary N) is 1. The van der Waals surface area contributed by atoms with Crippen molar-refractivity contribution in [1.82, 2.24) is 4.98 Å². The van der Waals surface area contributed by atoms with E-state index in [1.165, 1.54) is 24.5 Å². The summed E-state index contributed by atoms with van der Waals surface area (Å²) < 4.78 is 18.0. The van der Waals surface area contributed by atoms with E-state index in [1.54, 1.807) is 17.5 Å². The molecular weight excluding hydrogens is 335 g/mol. The Bertz CT molecular complexity index is 603. The highest BCUT2D eigenvalue weighted by Crippen LogP contribution is 2.25. The lowest BCUT2D eigenvalue weighted by Gasteiger charge is -2.03. The van der Waals surface area contributed by atoms with Gasteiger partial charge in [0.15, 0.2) is 5.13 Å². The molecular formula is C12H10BrFN2O2S. The van der Waals surface area contributed by atoms with Crippen molar-refractivity contribution in [3.8, 4) is 0 Å².